The molecule has 0 atom stereocenters. The van der Waals surface area contributed by atoms with Gasteiger partial charge < -0.3 is 15.1 Å². The highest BCUT2D eigenvalue weighted by Gasteiger charge is 2.19. The van der Waals surface area contributed by atoms with Crippen LogP contribution in [-0.4, -0.2) is 41.4 Å². The van der Waals surface area contributed by atoms with E-state index in [1.807, 2.05) is 0 Å². The first-order valence-electron chi connectivity index (χ1n) is 9.83. The number of rotatable bonds is 5. The Hall–Kier alpha value is -3.15. The summed E-state index contributed by atoms with van der Waals surface area (Å²) >= 11 is 0. The molecule has 0 amide bonds. The Morgan fingerprint density at radius 1 is 0.964 bits per heavy atom. The third-order valence-electron chi connectivity index (χ3n) is 5.13. The number of hydrogen-bond acceptors (Lipinski definition) is 6. The summed E-state index contributed by atoms with van der Waals surface area (Å²) in [5.74, 6) is 1.40. The van der Waals surface area contributed by atoms with Crippen LogP contribution in [0.15, 0.2) is 54.7 Å². The molecule has 1 saturated heterocycles. The maximum absolute atomic E-state index is 4.67. The highest BCUT2D eigenvalue weighted by atomic mass is 15.3. The van der Waals surface area contributed by atoms with Gasteiger partial charge in [0.15, 0.2) is 5.82 Å². The largest absolute Gasteiger partial charge is 0.368 e. The van der Waals surface area contributed by atoms with Gasteiger partial charge in [0.2, 0.25) is 5.95 Å². The van der Waals surface area contributed by atoms with Crippen molar-refractivity contribution in [3.63, 3.8) is 0 Å². The van der Waals surface area contributed by atoms with E-state index in [1.165, 1.54) is 16.8 Å². The minimum Gasteiger partial charge on any atom is -0.368 e. The van der Waals surface area contributed by atoms with Gasteiger partial charge in [0.05, 0.1) is 6.20 Å². The van der Waals surface area contributed by atoms with E-state index in [9.17, 15) is 0 Å². The molecule has 1 aliphatic heterocycles. The van der Waals surface area contributed by atoms with Crippen molar-refractivity contribution in [1.29, 1.82) is 0 Å². The van der Waals surface area contributed by atoms with Crippen LogP contribution in [0, 0.1) is 6.92 Å². The highest BCUT2D eigenvalue weighted by Crippen LogP contribution is 2.21. The van der Waals surface area contributed by atoms with Gasteiger partial charge in [-0.1, -0.05) is 31.2 Å². The van der Waals surface area contributed by atoms with Crippen molar-refractivity contribution in [3.05, 3.63) is 65.9 Å². The van der Waals surface area contributed by atoms with E-state index in [0.717, 1.165) is 44.1 Å². The molecule has 1 fully saturated rings. The molecule has 2 aromatic carbocycles. The van der Waals surface area contributed by atoms with Crippen LogP contribution in [0.4, 0.5) is 23.1 Å². The quantitative estimate of drug-likeness (QED) is 0.733. The summed E-state index contributed by atoms with van der Waals surface area (Å²) in [6.07, 6.45) is 2.77. The van der Waals surface area contributed by atoms with E-state index in [0.29, 0.717) is 5.95 Å². The molecule has 28 heavy (non-hydrogen) atoms. The summed E-state index contributed by atoms with van der Waals surface area (Å²) in [5.41, 5.74) is 4.87. The normalized spacial score (nSPS) is 14.2. The average Bonchev–Trinajstić information content (AvgIpc) is 2.75. The van der Waals surface area contributed by atoms with Crippen LogP contribution in [0.25, 0.3) is 0 Å². The van der Waals surface area contributed by atoms with Gasteiger partial charge in [0.1, 0.15) is 0 Å². The Bertz CT molecular complexity index is 916. The first-order chi connectivity index (χ1) is 13.7. The molecular formula is C22H26N6. The summed E-state index contributed by atoms with van der Waals surface area (Å²) < 4.78 is 0. The van der Waals surface area contributed by atoms with Crippen molar-refractivity contribution >= 4 is 23.1 Å². The van der Waals surface area contributed by atoms with E-state index in [-0.39, 0.29) is 0 Å². The van der Waals surface area contributed by atoms with Crippen LogP contribution < -0.4 is 15.1 Å². The lowest BCUT2D eigenvalue weighted by molar-refractivity contribution is 0.644. The summed E-state index contributed by atoms with van der Waals surface area (Å²) in [4.78, 5) is 9.36. The summed E-state index contributed by atoms with van der Waals surface area (Å²) in [6.45, 7) is 8.05. The van der Waals surface area contributed by atoms with Gasteiger partial charge in [-0.2, -0.15) is 10.1 Å². The average molecular weight is 374 g/mol. The van der Waals surface area contributed by atoms with Crippen LogP contribution in [0.2, 0.25) is 0 Å². The zero-order valence-electron chi connectivity index (χ0n) is 16.5. The van der Waals surface area contributed by atoms with E-state index < -0.39 is 0 Å². The number of anilines is 4. The van der Waals surface area contributed by atoms with Crippen LogP contribution in [0.1, 0.15) is 18.1 Å². The Labute approximate surface area is 166 Å². The third-order valence-corrected chi connectivity index (χ3v) is 5.13. The number of nitrogens with zero attached hydrogens (tertiary/aromatic N) is 5. The van der Waals surface area contributed by atoms with Gasteiger partial charge in [-0.15, -0.1) is 5.10 Å². The molecule has 6 nitrogen and oxygen atoms in total. The molecule has 3 aromatic rings. The molecule has 1 aliphatic rings. The number of aromatic nitrogens is 3. The first-order valence-corrected chi connectivity index (χ1v) is 9.83. The molecule has 0 saturated carbocycles. The number of hydrogen-bond donors (Lipinski definition) is 1. The zero-order valence-corrected chi connectivity index (χ0v) is 16.5. The molecule has 0 aliphatic carbocycles. The maximum Gasteiger partial charge on any atom is 0.249 e. The molecule has 0 bridgehead atoms. The topological polar surface area (TPSA) is 57.2 Å². The number of benzene rings is 2. The SMILES string of the molecule is CCc1ccc(Nc2nncc(N3CCN(c4cccc(C)c4)CC3)n2)cc1. The highest BCUT2D eigenvalue weighted by molar-refractivity contribution is 5.55. The van der Waals surface area contributed by atoms with Crippen LogP contribution in [-0.2, 0) is 6.42 Å². The van der Waals surface area contributed by atoms with E-state index in [4.69, 9.17) is 0 Å². The van der Waals surface area contributed by atoms with E-state index in [1.54, 1.807) is 6.20 Å². The fourth-order valence-corrected chi connectivity index (χ4v) is 3.47. The van der Waals surface area contributed by atoms with Gasteiger partial charge in [-0.3, -0.25) is 0 Å². The lowest BCUT2D eigenvalue weighted by atomic mass is 10.1. The van der Waals surface area contributed by atoms with Gasteiger partial charge in [0, 0.05) is 37.6 Å². The van der Waals surface area contributed by atoms with Crippen LogP contribution in [0.3, 0.4) is 0 Å². The molecule has 1 N–H and O–H groups in total. The standard InChI is InChI=1S/C22H26N6/c1-3-18-7-9-19(10-8-18)24-22-25-21(16-23-26-22)28-13-11-27(12-14-28)20-6-4-5-17(2)15-20/h4-10,15-16H,3,11-14H2,1-2H3,(H,24,25,26). The maximum atomic E-state index is 4.67. The third kappa shape index (κ3) is 4.22. The van der Waals surface area contributed by atoms with Crippen molar-refractivity contribution in [2.24, 2.45) is 0 Å². The van der Waals surface area contributed by atoms with Gasteiger partial charge >= 0.3 is 0 Å². The Morgan fingerprint density at radius 3 is 2.43 bits per heavy atom. The smallest absolute Gasteiger partial charge is 0.249 e. The van der Waals surface area contributed by atoms with Crippen molar-refractivity contribution in [2.75, 3.05) is 41.3 Å². The molecule has 0 unspecified atom stereocenters. The summed E-state index contributed by atoms with van der Waals surface area (Å²) in [6, 6.07) is 17.0. The predicted octanol–water partition coefficient (Wildman–Crippen LogP) is 3.81. The number of aryl methyl sites for hydroxylation is 2. The second-order valence-electron chi connectivity index (χ2n) is 7.13. The molecule has 144 valence electrons. The molecule has 6 heteroatoms. The molecule has 0 radical (unpaired) electrons. The number of piperazine rings is 1. The molecule has 1 aromatic heterocycles. The first kappa shape index (κ1) is 18.2. The fourth-order valence-electron chi connectivity index (χ4n) is 3.47. The molecule has 0 spiro atoms. The lowest BCUT2D eigenvalue weighted by Crippen LogP contribution is -2.47. The Kier molecular flexibility index (Phi) is 5.37. The van der Waals surface area contributed by atoms with Crippen molar-refractivity contribution < 1.29 is 0 Å². The van der Waals surface area contributed by atoms with Crippen molar-refractivity contribution in [1.82, 2.24) is 15.2 Å². The second-order valence-corrected chi connectivity index (χ2v) is 7.13. The molecule has 2 heterocycles. The summed E-state index contributed by atoms with van der Waals surface area (Å²) in [5, 5.41) is 11.5. The minimum absolute atomic E-state index is 0.530. The lowest BCUT2D eigenvalue weighted by Gasteiger charge is -2.36. The monoisotopic (exact) mass is 374 g/mol. The Balaban J connectivity index is 1.40. The van der Waals surface area contributed by atoms with E-state index in [2.05, 4.69) is 92.7 Å². The zero-order chi connectivity index (χ0) is 19.3. The second kappa shape index (κ2) is 8.25. The van der Waals surface area contributed by atoms with Crippen LogP contribution >= 0.6 is 0 Å². The van der Waals surface area contributed by atoms with Gasteiger partial charge in [-0.25, -0.2) is 0 Å². The van der Waals surface area contributed by atoms with E-state index >= 15 is 0 Å². The summed E-state index contributed by atoms with van der Waals surface area (Å²) in [7, 11) is 0. The van der Waals surface area contributed by atoms with Crippen molar-refractivity contribution in [2.45, 2.75) is 20.3 Å². The van der Waals surface area contributed by atoms with Crippen molar-refractivity contribution in [3.8, 4) is 0 Å². The Morgan fingerprint density at radius 2 is 1.71 bits per heavy atom. The van der Waals surface area contributed by atoms with Gasteiger partial charge in [-0.05, 0) is 48.7 Å². The van der Waals surface area contributed by atoms with Gasteiger partial charge in [0.25, 0.3) is 0 Å². The molecule has 4 rings (SSSR count). The fraction of sp³-hybridized carbons (Fsp3) is 0.318. The predicted molar refractivity (Wildman–Crippen MR) is 115 cm³/mol. The minimum atomic E-state index is 0.530. The molecular weight excluding hydrogens is 348 g/mol. The number of nitrogens with one attached hydrogen (secondary N) is 1. The van der Waals surface area contributed by atoms with Crippen LogP contribution in [0.5, 0.6) is 0 Å².